The third-order valence-corrected chi connectivity index (χ3v) is 6.33. The van der Waals surface area contributed by atoms with Crippen LogP contribution in [0.4, 0.5) is 48.2 Å². The number of alkyl halides is 6. The summed E-state index contributed by atoms with van der Waals surface area (Å²) in [5.41, 5.74) is -3.67. The van der Waals surface area contributed by atoms with Gasteiger partial charge in [-0.1, -0.05) is 24.3 Å². The minimum absolute atomic E-state index is 0.138. The maximum absolute atomic E-state index is 13.5. The van der Waals surface area contributed by atoms with Crippen molar-refractivity contribution in [1.29, 1.82) is 5.26 Å². The van der Waals surface area contributed by atoms with Gasteiger partial charge in [0.1, 0.15) is 5.54 Å². The SMILES string of the molecule is CC1(C)C(=O)N(c2ccc(C#N)c(C(F)(F)F)c2)C(=O)N1Cc1ccccc1Nc1cccc(C(F)(F)F)c1. The van der Waals surface area contributed by atoms with Crippen LogP contribution in [0.5, 0.6) is 0 Å². The molecule has 3 aromatic carbocycles. The van der Waals surface area contributed by atoms with Crippen LogP contribution in [-0.4, -0.2) is 22.4 Å². The van der Waals surface area contributed by atoms with Crippen LogP contribution in [0.15, 0.2) is 66.7 Å². The van der Waals surface area contributed by atoms with Crippen LogP contribution in [-0.2, 0) is 23.7 Å². The summed E-state index contributed by atoms with van der Waals surface area (Å²) in [6.45, 7) is 2.69. The molecular weight excluding hydrogens is 526 g/mol. The third-order valence-electron chi connectivity index (χ3n) is 6.33. The van der Waals surface area contributed by atoms with Gasteiger partial charge in [-0.3, -0.25) is 4.79 Å². The Kier molecular flexibility index (Phi) is 6.81. The predicted octanol–water partition coefficient (Wildman–Crippen LogP) is 7.09. The molecule has 0 aromatic heterocycles. The van der Waals surface area contributed by atoms with Crippen LogP contribution in [0.25, 0.3) is 0 Å². The molecule has 0 unspecified atom stereocenters. The molecule has 1 N–H and O–H groups in total. The number of benzene rings is 3. The van der Waals surface area contributed by atoms with E-state index in [1.165, 1.54) is 32.0 Å². The first kappa shape index (κ1) is 27.5. The van der Waals surface area contributed by atoms with E-state index in [1.807, 2.05) is 0 Å². The first-order valence-electron chi connectivity index (χ1n) is 11.4. The van der Waals surface area contributed by atoms with Crippen molar-refractivity contribution in [1.82, 2.24) is 4.90 Å². The number of nitriles is 1. The van der Waals surface area contributed by atoms with Gasteiger partial charge in [-0.2, -0.15) is 31.6 Å². The smallest absolute Gasteiger partial charge is 0.355 e. The van der Waals surface area contributed by atoms with Gasteiger partial charge in [0.05, 0.1) is 35.0 Å². The normalized spacial score (nSPS) is 15.5. The molecule has 0 bridgehead atoms. The van der Waals surface area contributed by atoms with E-state index in [4.69, 9.17) is 5.26 Å². The van der Waals surface area contributed by atoms with E-state index in [2.05, 4.69) is 5.32 Å². The number of anilines is 3. The Morgan fingerprint density at radius 3 is 2.23 bits per heavy atom. The zero-order valence-corrected chi connectivity index (χ0v) is 20.5. The molecule has 202 valence electrons. The highest BCUT2D eigenvalue weighted by Crippen LogP contribution is 2.39. The molecule has 12 heteroatoms. The van der Waals surface area contributed by atoms with Gasteiger partial charge in [-0.15, -0.1) is 0 Å². The first-order chi connectivity index (χ1) is 18.1. The number of carbonyl (C=O) groups excluding carboxylic acids is 2. The lowest BCUT2D eigenvalue weighted by molar-refractivity contribution is -0.138. The summed E-state index contributed by atoms with van der Waals surface area (Å²) in [6.07, 6.45) is -9.44. The fourth-order valence-corrected chi connectivity index (χ4v) is 4.21. The van der Waals surface area contributed by atoms with Crippen LogP contribution in [0, 0.1) is 11.3 Å². The lowest BCUT2D eigenvalue weighted by Gasteiger charge is -2.28. The van der Waals surface area contributed by atoms with E-state index in [9.17, 15) is 35.9 Å². The summed E-state index contributed by atoms with van der Waals surface area (Å²) in [5.74, 6) is -0.784. The predicted molar refractivity (Wildman–Crippen MR) is 130 cm³/mol. The number of rotatable bonds is 5. The molecule has 0 saturated carbocycles. The van der Waals surface area contributed by atoms with Gasteiger partial charge in [0, 0.05) is 11.4 Å². The van der Waals surface area contributed by atoms with Gasteiger partial charge in [-0.25, -0.2) is 9.69 Å². The summed E-state index contributed by atoms with van der Waals surface area (Å²) in [5, 5.41) is 12.0. The van der Waals surface area contributed by atoms with Crippen LogP contribution < -0.4 is 10.2 Å². The van der Waals surface area contributed by atoms with Crippen LogP contribution in [0.1, 0.15) is 36.1 Å². The van der Waals surface area contributed by atoms with Crippen molar-refractivity contribution in [2.24, 2.45) is 0 Å². The van der Waals surface area contributed by atoms with Gasteiger partial charge in [0.2, 0.25) is 0 Å². The van der Waals surface area contributed by atoms with E-state index in [0.29, 0.717) is 22.2 Å². The zero-order chi connectivity index (χ0) is 28.8. The molecule has 3 aromatic rings. The molecule has 6 nitrogen and oxygen atoms in total. The van der Waals surface area contributed by atoms with Crippen molar-refractivity contribution in [3.05, 3.63) is 89.0 Å². The number of para-hydroxylation sites is 1. The average Bonchev–Trinajstić information content (AvgIpc) is 3.03. The Hall–Kier alpha value is -4.53. The van der Waals surface area contributed by atoms with Gasteiger partial charge >= 0.3 is 18.4 Å². The number of hydrogen-bond donors (Lipinski definition) is 1. The van der Waals surface area contributed by atoms with Gasteiger partial charge in [0.15, 0.2) is 0 Å². The van der Waals surface area contributed by atoms with Crippen molar-refractivity contribution in [3.63, 3.8) is 0 Å². The number of carbonyl (C=O) groups is 2. The largest absolute Gasteiger partial charge is 0.417 e. The first-order valence-corrected chi connectivity index (χ1v) is 11.4. The zero-order valence-electron chi connectivity index (χ0n) is 20.5. The summed E-state index contributed by atoms with van der Waals surface area (Å²) in [6, 6.07) is 14.1. The Labute approximate surface area is 219 Å². The van der Waals surface area contributed by atoms with Crippen LogP contribution >= 0.6 is 0 Å². The molecule has 0 radical (unpaired) electrons. The standard InChI is InChI=1S/C27H20F6N4O2/c1-25(2)23(38)37(20-11-10-16(14-34)21(13-20)27(31,32)33)24(39)36(25)15-17-6-3-4-9-22(17)35-19-8-5-7-18(12-19)26(28,29)30/h3-13,35H,15H2,1-2H3. The van der Waals surface area contributed by atoms with E-state index >= 15 is 0 Å². The van der Waals surface area contributed by atoms with Crippen molar-refractivity contribution in [3.8, 4) is 6.07 Å². The molecule has 1 aliphatic heterocycles. The van der Waals surface area contributed by atoms with Gasteiger partial charge in [0.25, 0.3) is 5.91 Å². The Bertz CT molecular complexity index is 1490. The number of halogens is 6. The third kappa shape index (κ3) is 5.25. The van der Waals surface area contributed by atoms with Crippen molar-refractivity contribution < 1.29 is 35.9 Å². The monoisotopic (exact) mass is 546 g/mol. The number of urea groups is 1. The molecule has 1 heterocycles. The fraction of sp³-hybridized carbons (Fsp3) is 0.222. The second-order valence-electron chi connectivity index (χ2n) is 9.27. The summed E-state index contributed by atoms with van der Waals surface area (Å²) in [7, 11) is 0. The number of nitrogens with zero attached hydrogens (tertiary/aromatic N) is 3. The van der Waals surface area contributed by atoms with E-state index in [-0.39, 0.29) is 17.9 Å². The minimum atomic E-state index is -4.89. The highest BCUT2D eigenvalue weighted by Gasteiger charge is 2.52. The second kappa shape index (κ2) is 9.65. The Morgan fingerprint density at radius 1 is 0.897 bits per heavy atom. The number of nitrogens with one attached hydrogen (secondary N) is 1. The summed E-state index contributed by atoms with van der Waals surface area (Å²) >= 11 is 0. The average molecular weight is 546 g/mol. The summed E-state index contributed by atoms with van der Waals surface area (Å²) < 4.78 is 80.0. The molecule has 3 amide bonds. The van der Waals surface area contributed by atoms with Crippen molar-refractivity contribution in [2.45, 2.75) is 38.3 Å². The lowest BCUT2D eigenvalue weighted by atomic mass is 10.0. The molecule has 1 aliphatic rings. The molecule has 1 fully saturated rings. The summed E-state index contributed by atoms with van der Waals surface area (Å²) in [4.78, 5) is 28.5. The molecule has 1 saturated heterocycles. The maximum Gasteiger partial charge on any atom is 0.417 e. The topological polar surface area (TPSA) is 76.4 Å². The Morgan fingerprint density at radius 2 is 1.59 bits per heavy atom. The highest BCUT2D eigenvalue weighted by molar-refractivity contribution is 6.23. The van der Waals surface area contributed by atoms with Gasteiger partial charge in [-0.05, 0) is 61.9 Å². The van der Waals surface area contributed by atoms with Crippen LogP contribution in [0.2, 0.25) is 0 Å². The molecule has 39 heavy (non-hydrogen) atoms. The van der Waals surface area contributed by atoms with E-state index in [0.717, 1.165) is 29.2 Å². The molecular formula is C27H20F6N4O2. The van der Waals surface area contributed by atoms with Gasteiger partial charge < -0.3 is 10.2 Å². The molecule has 0 atom stereocenters. The maximum atomic E-state index is 13.5. The molecule has 4 rings (SSSR count). The van der Waals surface area contributed by atoms with Crippen molar-refractivity contribution in [2.75, 3.05) is 10.2 Å². The fourth-order valence-electron chi connectivity index (χ4n) is 4.21. The lowest BCUT2D eigenvalue weighted by Crippen LogP contribution is -2.43. The number of hydrogen-bond acceptors (Lipinski definition) is 4. The molecule has 0 spiro atoms. The van der Waals surface area contributed by atoms with Crippen molar-refractivity contribution >= 4 is 29.0 Å². The highest BCUT2D eigenvalue weighted by atomic mass is 19.4. The molecule has 0 aliphatic carbocycles. The second-order valence-corrected chi connectivity index (χ2v) is 9.27. The Balaban J connectivity index is 1.67. The minimum Gasteiger partial charge on any atom is -0.355 e. The quantitative estimate of drug-likeness (QED) is 0.274. The van der Waals surface area contributed by atoms with E-state index in [1.54, 1.807) is 24.3 Å². The van der Waals surface area contributed by atoms with Crippen LogP contribution in [0.3, 0.4) is 0 Å². The van der Waals surface area contributed by atoms with E-state index < -0.39 is 46.5 Å². The number of imide groups is 1. The number of amides is 3.